The molecule has 4 aromatic heterocycles. The van der Waals surface area contributed by atoms with Crippen molar-refractivity contribution in [2.24, 2.45) is 5.92 Å². The summed E-state index contributed by atoms with van der Waals surface area (Å²) in [5.74, 6) is 1.60. The van der Waals surface area contributed by atoms with Gasteiger partial charge in [0.25, 0.3) is 0 Å². The molecule has 2 fully saturated rings. The molecule has 0 bridgehead atoms. The zero-order chi connectivity index (χ0) is 20.2. The molecule has 2 aliphatic heterocycles. The molecule has 30 heavy (non-hydrogen) atoms. The van der Waals surface area contributed by atoms with Gasteiger partial charge in [-0.3, -0.25) is 4.98 Å². The Labute approximate surface area is 181 Å². The maximum atomic E-state index is 6.72. The quantitative estimate of drug-likeness (QED) is 0.469. The first-order valence-electron chi connectivity index (χ1n) is 10.0. The van der Waals surface area contributed by atoms with Crippen LogP contribution in [0.4, 0.5) is 5.82 Å². The number of aromatic amines is 1. The Balaban J connectivity index is 1.44. The summed E-state index contributed by atoms with van der Waals surface area (Å²) in [4.78, 5) is 29.4. The zero-order valence-electron chi connectivity index (χ0n) is 16.3. The first-order valence-corrected chi connectivity index (χ1v) is 11.2. The average Bonchev–Trinajstić information content (AvgIpc) is 3.27. The van der Waals surface area contributed by atoms with Crippen molar-refractivity contribution in [3.8, 4) is 0 Å². The molecule has 152 valence electrons. The molecule has 0 aromatic carbocycles. The number of nitrogens with one attached hydrogen (secondary N) is 2. The van der Waals surface area contributed by atoms with Crippen LogP contribution in [-0.2, 0) is 6.42 Å². The lowest BCUT2D eigenvalue weighted by atomic mass is 9.92. The van der Waals surface area contributed by atoms with Gasteiger partial charge >= 0.3 is 0 Å². The van der Waals surface area contributed by atoms with E-state index in [4.69, 9.17) is 21.6 Å². The number of aryl methyl sites for hydroxylation is 1. The summed E-state index contributed by atoms with van der Waals surface area (Å²) in [5, 5.41) is 5.80. The van der Waals surface area contributed by atoms with Crippen LogP contribution in [0.25, 0.3) is 22.2 Å². The second kappa shape index (κ2) is 7.04. The van der Waals surface area contributed by atoms with E-state index in [1.807, 2.05) is 6.07 Å². The van der Waals surface area contributed by atoms with Crippen molar-refractivity contribution >= 4 is 51.4 Å². The minimum absolute atomic E-state index is 0.467. The lowest BCUT2D eigenvalue weighted by molar-refractivity contribution is 0.362. The molecule has 2 aliphatic rings. The van der Waals surface area contributed by atoms with E-state index < -0.39 is 0 Å². The van der Waals surface area contributed by atoms with Crippen LogP contribution in [0.1, 0.15) is 12.6 Å². The third-order valence-electron chi connectivity index (χ3n) is 5.89. The standard InChI is InChI=1S/C20H19ClN8S/c1-2-12-16(21)15-18(26-12)27-20(28-19(15)29-9-10-6-22-8-14(10)29)30-11-5-13-17(25-7-11)24-4-3-23-13/h3-5,7,10,14,22H,2,6,8-9H2,1H3,(H,26,27,28). The predicted octanol–water partition coefficient (Wildman–Crippen LogP) is 3.07. The molecule has 4 aromatic rings. The molecule has 0 saturated carbocycles. The first kappa shape index (κ1) is 18.3. The van der Waals surface area contributed by atoms with E-state index in [1.165, 1.54) is 11.8 Å². The number of hydrogen-bond acceptors (Lipinski definition) is 8. The largest absolute Gasteiger partial charge is 0.351 e. The highest BCUT2D eigenvalue weighted by Crippen LogP contribution is 2.41. The molecule has 2 unspecified atom stereocenters. The van der Waals surface area contributed by atoms with Gasteiger partial charge in [0.15, 0.2) is 10.8 Å². The number of hydrogen-bond donors (Lipinski definition) is 2. The fourth-order valence-electron chi connectivity index (χ4n) is 4.33. The van der Waals surface area contributed by atoms with Crippen LogP contribution < -0.4 is 10.2 Å². The van der Waals surface area contributed by atoms with Crippen LogP contribution in [0.5, 0.6) is 0 Å². The van der Waals surface area contributed by atoms with E-state index >= 15 is 0 Å². The van der Waals surface area contributed by atoms with Crippen LogP contribution in [0, 0.1) is 5.92 Å². The van der Waals surface area contributed by atoms with Crippen molar-refractivity contribution in [1.29, 1.82) is 0 Å². The van der Waals surface area contributed by atoms with Crippen molar-refractivity contribution in [1.82, 2.24) is 35.2 Å². The summed E-state index contributed by atoms with van der Waals surface area (Å²) in [6.07, 6.45) is 5.92. The van der Waals surface area contributed by atoms with Gasteiger partial charge in [-0.15, -0.1) is 0 Å². The fourth-order valence-corrected chi connectivity index (χ4v) is 5.44. The number of fused-ring (bicyclic) bond motifs is 3. The fraction of sp³-hybridized carbons (Fsp3) is 0.350. The van der Waals surface area contributed by atoms with E-state index in [9.17, 15) is 0 Å². The summed E-state index contributed by atoms with van der Waals surface area (Å²) in [6.45, 7) is 5.13. The van der Waals surface area contributed by atoms with Crippen molar-refractivity contribution in [2.45, 2.75) is 29.4 Å². The number of anilines is 1. The first-order chi connectivity index (χ1) is 14.7. The van der Waals surface area contributed by atoms with Gasteiger partial charge in [0.05, 0.1) is 10.4 Å². The molecule has 2 atom stereocenters. The van der Waals surface area contributed by atoms with E-state index in [-0.39, 0.29) is 0 Å². The molecular formula is C20H19ClN8S. The van der Waals surface area contributed by atoms with E-state index in [2.05, 4.69) is 37.1 Å². The van der Waals surface area contributed by atoms with Crippen molar-refractivity contribution in [2.75, 3.05) is 24.5 Å². The topological polar surface area (TPSA) is 95.5 Å². The monoisotopic (exact) mass is 438 g/mol. The smallest absolute Gasteiger partial charge is 0.196 e. The summed E-state index contributed by atoms with van der Waals surface area (Å²) in [6, 6.07) is 2.43. The highest BCUT2D eigenvalue weighted by Gasteiger charge is 2.44. The van der Waals surface area contributed by atoms with Crippen LogP contribution in [0.2, 0.25) is 5.02 Å². The number of H-pyrrole nitrogens is 1. The minimum Gasteiger partial charge on any atom is -0.351 e. The highest BCUT2D eigenvalue weighted by molar-refractivity contribution is 7.99. The highest BCUT2D eigenvalue weighted by atomic mass is 35.5. The van der Waals surface area contributed by atoms with Gasteiger partial charge in [-0.05, 0) is 24.2 Å². The molecule has 6 heterocycles. The summed E-state index contributed by atoms with van der Waals surface area (Å²) in [7, 11) is 0. The molecule has 0 amide bonds. The van der Waals surface area contributed by atoms with Crippen LogP contribution in [-0.4, -0.2) is 55.6 Å². The number of nitrogens with zero attached hydrogens (tertiary/aromatic N) is 6. The molecular weight excluding hydrogens is 420 g/mol. The van der Waals surface area contributed by atoms with Gasteiger partial charge in [0, 0.05) is 60.8 Å². The van der Waals surface area contributed by atoms with Gasteiger partial charge in [-0.2, -0.15) is 0 Å². The maximum Gasteiger partial charge on any atom is 0.196 e. The lowest BCUT2D eigenvalue weighted by Crippen LogP contribution is -2.56. The molecule has 6 rings (SSSR count). The predicted molar refractivity (Wildman–Crippen MR) is 117 cm³/mol. The van der Waals surface area contributed by atoms with E-state index in [1.54, 1.807) is 18.6 Å². The molecule has 2 saturated heterocycles. The molecule has 0 spiro atoms. The molecule has 10 heteroatoms. The number of halogens is 1. The van der Waals surface area contributed by atoms with Gasteiger partial charge in [-0.1, -0.05) is 18.5 Å². The Morgan fingerprint density at radius 2 is 2.10 bits per heavy atom. The zero-order valence-corrected chi connectivity index (χ0v) is 17.8. The van der Waals surface area contributed by atoms with Gasteiger partial charge in [0.2, 0.25) is 0 Å². The van der Waals surface area contributed by atoms with Crippen LogP contribution in [0.3, 0.4) is 0 Å². The molecule has 2 N–H and O–H groups in total. The van der Waals surface area contributed by atoms with Crippen LogP contribution in [0.15, 0.2) is 34.7 Å². The van der Waals surface area contributed by atoms with Gasteiger partial charge in [-0.25, -0.2) is 19.9 Å². The maximum absolute atomic E-state index is 6.72. The second-order valence-electron chi connectivity index (χ2n) is 7.63. The molecule has 0 aliphatic carbocycles. The Morgan fingerprint density at radius 1 is 1.20 bits per heavy atom. The minimum atomic E-state index is 0.467. The summed E-state index contributed by atoms with van der Waals surface area (Å²) < 4.78 is 0. The van der Waals surface area contributed by atoms with Gasteiger partial charge < -0.3 is 15.2 Å². The van der Waals surface area contributed by atoms with Crippen LogP contribution >= 0.6 is 23.4 Å². The average molecular weight is 439 g/mol. The third kappa shape index (κ3) is 2.84. The van der Waals surface area contributed by atoms with E-state index in [0.29, 0.717) is 22.8 Å². The lowest BCUT2D eigenvalue weighted by Gasteiger charge is -2.44. The van der Waals surface area contributed by atoms with Crippen molar-refractivity contribution in [3.05, 3.63) is 35.4 Å². The van der Waals surface area contributed by atoms with Crippen molar-refractivity contribution in [3.63, 3.8) is 0 Å². The normalized spacial score (nSPS) is 20.7. The van der Waals surface area contributed by atoms with Crippen molar-refractivity contribution < 1.29 is 0 Å². The summed E-state index contributed by atoms with van der Waals surface area (Å²) in [5.41, 5.74) is 3.16. The van der Waals surface area contributed by atoms with Gasteiger partial charge in [0.1, 0.15) is 17.0 Å². The van der Waals surface area contributed by atoms with E-state index in [0.717, 1.165) is 64.0 Å². The number of rotatable bonds is 4. The number of pyridine rings is 1. The third-order valence-corrected chi connectivity index (χ3v) is 7.13. The Hall–Kier alpha value is -2.49. The Bertz CT molecular complexity index is 1270. The molecule has 8 nitrogen and oxygen atoms in total. The number of aromatic nitrogens is 6. The Morgan fingerprint density at radius 3 is 2.97 bits per heavy atom. The molecule has 0 radical (unpaired) electrons. The summed E-state index contributed by atoms with van der Waals surface area (Å²) >= 11 is 8.20. The Kier molecular flexibility index (Phi) is 4.29. The SMILES string of the molecule is CCc1[nH]c2nc(Sc3cnc4nccnc4c3)nc(N3CC4CNCC43)c2c1Cl. The second-order valence-corrected chi connectivity index (χ2v) is 9.05.